The summed E-state index contributed by atoms with van der Waals surface area (Å²) in [6.45, 7) is 13.4. The van der Waals surface area contributed by atoms with E-state index in [9.17, 15) is 24.6 Å². The van der Waals surface area contributed by atoms with E-state index in [0.717, 1.165) is 0 Å². The van der Waals surface area contributed by atoms with Crippen LogP contribution in [-0.4, -0.2) is 146 Å². The summed E-state index contributed by atoms with van der Waals surface area (Å²) in [5.41, 5.74) is -1.92. The van der Waals surface area contributed by atoms with Gasteiger partial charge in [0.25, 0.3) is 5.91 Å². The molecule has 4 aliphatic heterocycles. The molecule has 1 amide bonds. The number of aliphatic imine (C=N–C) groups is 1. The molecular formula is C43H62N6O11. The second-order valence-electron chi connectivity index (χ2n) is 17.7. The predicted molar refractivity (Wildman–Crippen MR) is 218 cm³/mol. The standard InChI is InChI=1S/C43H62N6O11/c1-11-32-43(8,54)38-25(4)34-23(2)18-42(7,37(26(5)35(50)27(6)40(53)58-32)59-41-36(51)30(48(9)10)16-24(3)57-41)56-21-29(20-55-38)47-60-31(39(52)46-34)17-28-12-13-33(45-19-28)49-15-14-44-22-49/h12-15,19,22-27,30-32,36-38,41,51,54H,11,16-18,20-21H2,1-10H3/b46-34?,47-29-/t23-,24-,25+,26+,27-,30+,31?,32-,36-,37-,38-,41+,42-,43-/m1/s1. The number of carbonyl (C=O) groups is 3. The molecule has 2 aromatic heterocycles. The Morgan fingerprint density at radius 1 is 1.05 bits per heavy atom. The number of esters is 1. The van der Waals surface area contributed by atoms with E-state index in [-0.39, 0.29) is 50.3 Å². The monoisotopic (exact) mass is 838 g/mol. The number of hydrogen-bond acceptors (Lipinski definition) is 15. The van der Waals surface area contributed by atoms with Crippen LogP contribution in [0.2, 0.25) is 0 Å². The number of ketones is 1. The molecule has 330 valence electrons. The fourth-order valence-electron chi connectivity index (χ4n) is 9.23. The first-order valence-corrected chi connectivity index (χ1v) is 21.0. The number of likely N-dealkylation sites (N-methyl/N-ethyl adjacent to an activating group) is 1. The van der Waals surface area contributed by atoms with Crippen molar-refractivity contribution in [3.8, 4) is 5.82 Å². The molecule has 2 N–H and O–H groups in total. The van der Waals surface area contributed by atoms with E-state index in [0.29, 0.717) is 23.5 Å². The van der Waals surface area contributed by atoms with Crippen LogP contribution in [0.5, 0.6) is 0 Å². The summed E-state index contributed by atoms with van der Waals surface area (Å²) in [6.07, 6.45) is 0.604. The second kappa shape index (κ2) is 18.6. The Labute approximate surface area is 351 Å². The van der Waals surface area contributed by atoms with Gasteiger partial charge in [-0.05, 0) is 78.6 Å². The van der Waals surface area contributed by atoms with E-state index in [4.69, 9.17) is 33.5 Å². The minimum Gasteiger partial charge on any atom is -0.459 e. The average molecular weight is 839 g/mol. The highest BCUT2D eigenvalue weighted by atomic mass is 16.7. The number of imidazole rings is 1. The molecule has 0 spiro atoms. The zero-order chi connectivity index (χ0) is 43.7. The quantitative estimate of drug-likeness (QED) is 0.304. The van der Waals surface area contributed by atoms with Crippen molar-refractivity contribution in [2.24, 2.45) is 33.8 Å². The lowest BCUT2D eigenvalue weighted by Crippen LogP contribution is -2.60. The summed E-state index contributed by atoms with van der Waals surface area (Å²) in [6, 6.07) is 3.33. The van der Waals surface area contributed by atoms with Crippen LogP contribution in [0.4, 0.5) is 0 Å². The third-order valence-corrected chi connectivity index (χ3v) is 12.7. The van der Waals surface area contributed by atoms with E-state index in [1.54, 1.807) is 50.3 Å². The molecule has 4 aliphatic rings. The van der Waals surface area contributed by atoms with Gasteiger partial charge in [-0.3, -0.25) is 19.0 Å². The van der Waals surface area contributed by atoms with Gasteiger partial charge >= 0.3 is 5.97 Å². The summed E-state index contributed by atoms with van der Waals surface area (Å²) in [5.74, 6) is -4.86. The molecule has 6 rings (SSSR count). The first-order valence-electron chi connectivity index (χ1n) is 21.0. The minimum absolute atomic E-state index is 0.0879. The number of oxime groups is 1. The van der Waals surface area contributed by atoms with E-state index in [1.807, 2.05) is 51.9 Å². The number of cyclic esters (lactones) is 1. The van der Waals surface area contributed by atoms with Crippen molar-refractivity contribution >= 4 is 29.1 Å². The molecule has 0 aromatic carbocycles. The SMILES string of the molecule is CC[C@H]1OC(=O)[C@H](C)C(=O)[C@H](C)[C@@H](O[C@@H]2O[C@H](C)C[C@H](N(C)C)[C@H]2O)[C@@]2(C)C[C@@H](C)C3=NC(=O)C(Cc4ccc(-n5ccnc5)nc4)O/N=C(/CO[C@H]([C@H]3C)[C@]1(C)O)CO2. The van der Waals surface area contributed by atoms with Crippen molar-refractivity contribution in [2.75, 3.05) is 27.3 Å². The van der Waals surface area contributed by atoms with Crippen LogP contribution >= 0.6 is 0 Å². The zero-order valence-corrected chi connectivity index (χ0v) is 36.4. The first kappa shape index (κ1) is 45.6. The van der Waals surface area contributed by atoms with Gasteiger partial charge in [0.1, 0.15) is 41.6 Å². The predicted octanol–water partition coefficient (Wildman–Crippen LogP) is 3.11. The van der Waals surface area contributed by atoms with Gasteiger partial charge in [0.15, 0.2) is 12.1 Å². The molecule has 4 bridgehead atoms. The number of carbonyl (C=O) groups excluding carboxylic acids is 3. The largest absolute Gasteiger partial charge is 0.459 e. The Kier molecular flexibility index (Phi) is 14.1. The summed E-state index contributed by atoms with van der Waals surface area (Å²) in [4.78, 5) is 64.1. The van der Waals surface area contributed by atoms with E-state index < -0.39 is 89.3 Å². The molecule has 3 fully saturated rings. The van der Waals surface area contributed by atoms with Crippen LogP contribution in [-0.2, 0) is 49.3 Å². The summed E-state index contributed by atoms with van der Waals surface area (Å²) in [5, 5.41) is 28.5. The Bertz CT molecular complexity index is 1890. The van der Waals surface area contributed by atoms with Crippen LogP contribution in [0, 0.1) is 23.7 Å². The van der Waals surface area contributed by atoms with Crippen molar-refractivity contribution in [2.45, 2.75) is 141 Å². The van der Waals surface area contributed by atoms with Gasteiger partial charge in [0, 0.05) is 48.6 Å². The highest BCUT2D eigenvalue weighted by Gasteiger charge is 2.53. The number of ether oxygens (including phenoxy) is 5. The number of rotatable bonds is 7. The number of pyridine rings is 1. The molecule has 0 radical (unpaired) electrons. The summed E-state index contributed by atoms with van der Waals surface area (Å²) in [7, 11) is 3.74. The number of Topliss-reactive ketones (excluding diaryl/α,β-unsaturated/α-hetero) is 1. The molecule has 14 atom stereocenters. The lowest BCUT2D eigenvalue weighted by molar-refractivity contribution is -0.296. The first-order chi connectivity index (χ1) is 28.3. The highest BCUT2D eigenvalue weighted by molar-refractivity contribution is 6.01. The fraction of sp³-hybridized carbons (Fsp3) is 0.698. The maximum absolute atomic E-state index is 14.5. The van der Waals surface area contributed by atoms with Crippen LogP contribution in [0.3, 0.4) is 0 Å². The smallest absolute Gasteiger partial charge is 0.316 e. The van der Waals surface area contributed by atoms with E-state index >= 15 is 0 Å². The molecule has 1 unspecified atom stereocenters. The van der Waals surface area contributed by atoms with Gasteiger partial charge in [-0.15, -0.1) is 0 Å². The van der Waals surface area contributed by atoms with Crippen LogP contribution < -0.4 is 0 Å². The van der Waals surface area contributed by atoms with Crippen molar-refractivity contribution < 1.29 is 53.1 Å². The highest BCUT2D eigenvalue weighted by Crippen LogP contribution is 2.40. The number of aliphatic hydroxyl groups is 2. The molecule has 60 heavy (non-hydrogen) atoms. The third-order valence-electron chi connectivity index (χ3n) is 12.7. The minimum atomic E-state index is -1.84. The normalized spacial score (nSPS) is 39.5. The summed E-state index contributed by atoms with van der Waals surface area (Å²) < 4.78 is 34.2. The number of aliphatic hydroxyl groups excluding tert-OH is 1. The lowest BCUT2D eigenvalue weighted by atomic mass is 9.73. The molecule has 6 heterocycles. The van der Waals surface area contributed by atoms with Crippen LogP contribution in [0.1, 0.15) is 80.2 Å². The maximum Gasteiger partial charge on any atom is 0.316 e. The Morgan fingerprint density at radius 2 is 1.80 bits per heavy atom. The summed E-state index contributed by atoms with van der Waals surface area (Å²) >= 11 is 0. The second-order valence-corrected chi connectivity index (χ2v) is 17.7. The fourth-order valence-corrected chi connectivity index (χ4v) is 9.23. The van der Waals surface area contributed by atoms with E-state index in [2.05, 4.69) is 15.1 Å². The van der Waals surface area contributed by atoms with Crippen molar-refractivity contribution in [1.82, 2.24) is 19.4 Å². The number of nitrogens with zero attached hydrogens (tertiary/aromatic N) is 6. The number of fused-ring (bicyclic) bond motifs is 4. The van der Waals surface area contributed by atoms with Crippen molar-refractivity contribution in [1.29, 1.82) is 0 Å². The van der Waals surface area contributed by atoms with Crippen molar-refractivity contribution in [3.63, 3.8) is 0 Å². The van der Waals surface area contributed by atoms with E-state index in [1.165, 1.54) is 13.8 Å². The maximum atomic E-state index is 14.5. The lowest BCUT2D eigenvalue weighted by Gasteiger charge is -2.47. The Balaban J connectivity index is 1.47. The number of aromatic nitrogens is 3. The van der Waals surface area contributed by atoms with Crippen LogP contribution in [0.25, 0.3) is 5.82 Å². The van der Waals surface area contributed by atoms with Gasteiger partial charge in [-0.2, -0.15) is 0 Å². The number of hydrogen-bond donors (Lipinski definition) is 2. The molecule has 3 saturated heterocycles. The van der Waals surface area contributed by atoms with Crippen LogP contribution in [0.15, 0.2) is 47.2 Å². The molecule has 17 nitrogen and oxygen atoms in total. The molecule has 2 aromatic rings. The molecule has 0 saturated carbocycles. The third kappa shape index (κ3) is 9.57. The van der Waals surface area contributed by atoms with Crippen molar-refractivity contribution in [3.05, 3.63) is 42.6 Å². The topological polar surface area (TPSA) is 206 Å². The Hall–Kier alpha value is -3.97. The number of amides is 1. The van der Waals surface area contributed by atoms with Gasteiger partial charge < -0.3 is 43.6 Å². The van der Waals surface area contributed by atoms with Gasteiger partial charge in [0.05, 0.1) is 37.1 Å². The molecule has 17 heteroatoms. The van der Waals surface area contributed by atoms with Gasteiger partial charge in [-0.1, -0.05) is 38.9 Å². The van der Waals surface area contributed by atoms with Gasteiger partial charge in [0.2, 0.25) is 6.10 Å². The molecule has 0 aliphatic carbocycles. The Morgan fingerprint density at radius 3 is 2.45 bits per heavy atom. The average Bonchev–Trinajstić information content (AvgIpc) is 3.74. The zero-order valence-electron chi connectivity index (χ0n) is 36.4. The molecular weight excluding hydrogens is 777 g/mol. The van der Waals surface area contributed by atoms with Gasteiger partial charge in [-0.25, -0.2) is 15.0 Å².